The Morgan fingerprint density at radius 2 is 2.00 bits per heavy atom. The number of amides is 1. The van der Waals surface area contributed by atoms with Crippen LogP contribution in [0.5, 0.6) is 0 Å². The monoisotopic (exact) mass is 397 g/mol. The Morgan fingerprint density at radius 3 is 2.48 bits per heavy atom. The van der Waals surface area contributed by atoms with Crippen molar-refractivity contribution in [3.05, 3.63) is 62.9 Å². The number of hydrogen-bond acceptors (Lipinski definition) is 5. The maximum absolute atomic E-state index is 12.6. The van der Waals surface area contributed by atoms with Crippen molar-refractivity contribution in [2.45, 2.75) is 17.2 Å². The second-order valence-corrected chi connectivity index (χ2v) is 6.22. The molecule has 0 aliphatic carbocycles. The first-order valence-electron chi connectivity index (χ1n) is 7.51. The van der Waals surface area contributed by atoms with E-state index in [1.54, 1.807) is 6.26 Å². The van der Waals surface area contributed by atoms with Gasteiger partial charge in [0.25, 0.3) is 11.5 Å². The maximum Gasteiger partial charge on any atom is 0.416 e. The number of aliphatic hydroxyl groups is 1. The smallest absolute Gasteiger partial charge is 0.394 e. The minimum absolute atomic E-state index is 0.0994. The van der Waals surface area contributed by atoms with Gasteiger partial charge in [-0.05, 0) is 30.0 Å². The van der Waals surface area contributed by atoms with Crippen LogP contribution in [0.4, 0.5) is 13.2 Å². The van der Waals surface area contributed by atoms with Gasteiger partial charge in [0, 0.05) is 0 Å². The highest BCUT2D eigenvalue weighted by atomic mass is 32.2. The molecule has 1 heterocycles. The molecule has 2 aromatic rings. The van der Waals surface area contributed by atoms with Crippen molar-refractivity contribution in [3.8, 4) is 6.07 Å². The number of aromatic nitrogens is 1. The zero-order valence-electron chi connectivity index (χ0n) is 13.9. The first-order valence-corrected chi connectivity index (χ1v) is 8.74. The standard InChI is InChI=1S/C17H14F3N3O3S/c1-27-16-10(7-21)6-12(15(26)23-16)14(25)22-13(8-24)9-2-4-11(5-3-9)17(18,19)20/h2-6,13,24H,8H2,1H3,(H,22,25)(H,23,26). The predicted octanol–water partition coefficient (Wildman–Crippen LogP) is 2.45. The molecule has 27 heavy (non-hydrogen) atoms. The van der Waals surface area contributed by atoms with Crippen molar-refractivity contribution < 1.29 is 23.1 Å². The third-order valence-corrected chi connectivity index (χ3v) is 4.43. The minimum Gasteiger partial charge on any atom is -0.394 e. The van der Waals surface area contributed by atoms with Crippen molar-refractivity contribution in [1.82, 2.24) is 10.3 Å². The summed E-state index contributed by atoms with van der Waals surface area (Å²) in [6.45, 7) is -0.594. The number of carbonyl (C=O) groups excluding carboxylic acids is 1. The molecular weight excluding hydrogens is 383 g/mol. The van der Waals surface area contributed by atoms with Crippen molar-refractivity contribution in [1.29, 1.82) is 5.26 Å². The molecule has 1 atom stereocenters. The van der Waals surface area contributed by atoms with E-state index >= 15 is 0 Å². The number of benzene rings is 1. The fraction of sp³-hybridized carbons (Fsp3) is 0.235. The molecule has 0 fully saturated rings. The lowest BCUT2D eigenvalue weighted by Gasteiger charge is -2.17. The second kappa shape index (κ2) is 8.28. The molecule has 10 heteroatoms. The van der Waals surface area contributed by atoms with Gasteiger partial charge in [-0.3, -0.25) is 9.59 Å². The molecule has 3 N–H and O–H groups in total. The van der Waals surface area contributed by atoms with E-state index in [1.165, 1.54) is 0 Å². The third-order valence-electron chi connectivity index (χ3n) is 3.70. The van der Waals surface area contributed by atoms with E-state index in [0.29, 0.717) is 5.03 Å². The van der Waals surface area contributed by atoms with E-state index in [9.17, 15) is 27.9 Å². The molecule has 1 aromatic heterocycles. The van der Waals surface area contributed by atoms with Crippen LogP contribution in [0.25, 0.3) is 0 Å². The van der Waals surface area contributed by atoms with Crippen LogP contribution in [0.15, 0.2) is 40.2 Å². The van der Waals surface area contributed by atoms with Crippen molar-refractivity contribution >= 4 is 17.7 Å². The molecule has 0 aliphatic heterocycles. The van der Waals surface area contributed by atoms with Gasteiger partial charge in [0.2, 0.25) is 0 Å². The summed E-state index contributed by atoms with van der Waals surface area (Å²) < 4.78 is 37.9. The van der Waals surface area contributed by atoms with E-state index < -0.39 is 35.9 Å². The molecule has 0 spiro atoms. The summed E-state index contributed by atoms with van der Waals surface area (Å²) in [4.78, 5) is 26.8. The number of hydrogen-bond donors (Lipinski definition) is 3. The summed E-state index contributed by atoms with van der Waals surface area (Å²) in [5.74, 6) is -0.862. The summed E-state index contributed by atoms with van der Waals surface area (Å²) >= 11 is 1.13. The number of nitrogens with zero attached hydrogens (tertiary/aromatic N) is 1. The first-order chi connectivity index (χ1) is 12.7. The summed E-state index contributed by atoms with van der Waals surface area (Å²) in [5.41, 5.74) is -1.59. The van der Waals surface area contributed by atoms with Gasteiger partial charge in [-0.25, -0.2) is 0 Å². The van der Waals surface area contributed by atoms with Crippen LogP contribution in [0, 0.1) is 11.3 Å². The van der Waals surface area contributed by atoms with Gasteiger partial charge in [0.1, 0.15) is 11.6 Å². The maximum atomic E-state index is 12.6. The number of H-pyrrole nitrogens is 1. The number of thioether (sulfide) groups is 1. The number of rotatable bonds is 5. The number of alkyl halides is 3. The fourth-order valence-corrected chi connectivity index (χ4v) is 2.82. The first kappa shape index (κ1) is 20.5. The lowest BCUT2D eigenvalue weighted by atomic mass is 10.0. The van der Waals surface area contributed by atoms with E-state index in [2.05, 4.69) is 10.3 Å². The van der Waals surface area contributed by atoms with Gasteiger partial charge in [0.15, 0.2) is 0 Å². The Kier molecular flexibility index (Phi) is 6.30. The molecule has 1 unspecified atom stereocenters. The molecule has 1 amide bonds. The quantitative estimate of drug-likeness (QED) is 0.672. The molecule has 0 aliphatic rings. The van der Waals surface area contributed by atoms with Crippen LogP contribution >= 0.6 is 11.8 Å². The molecule has 0 saturated carbocycles. The van der Waals surface area contributed by atoms with Crippen molar-refractivity contribution in [2.75, 3.05) is 12.9 Å². The SMILES string of the molecule is CSc1[nH]c(=O)c(C(=O)NC(CO)c2ccc(C(F)(F)F)cc2)cc1C#N. The lowest BCUT2D eigenvalue weighted by molar-refractivity contribution is -0.137. The topological polar surface area (TPSA) is 106 Å². The third kappa shape index (κ3) is 4.69. The van der Waals surface area contributed by atoms with Crippen LogP contribution in [0.3, 0.4) is 0 Å². The van der Waals surface area contributed by atoms with Gasteiger partial charge < -0.3 is 15.4 Å². The molecule has 0 bridgehead atoms. The Morgan fingerprint density at radius 1 is 1.37 bits per heavy atom. The predicted molar refractivity (Wildman–Crippen MR) is 92.3 cm³/mol. The Balaban J connectivity index is 2.28. The fourth-order valence-electron chi connectivity index (χ4n) is 2.30. The average molecular weight is 397 g/mol. The van der Waals surface area contributed by atoms with Crippen LogP contribution in [-0.2, 0) is 6.18 Å². The highest BCUT2D eigenvalue weighted by Gasteiger charge is 2.30. The van der Waals surface area contributed by atoms with Gasteiger partial charge in [0.05, 0.1) is 28.8 Å². The van der Waals surface area contributed by atoms with Crippen LogP contribution < -0.4 is 10.9 Å². The number of aliphatic hydroxyl groups excluding tert-OH is 1. The van der Waals surface area contributed by atoms with Crippen molar-refractivity contribution in [3.63, 3.8) is 0 Å². The highest BCUT2D eigenvalue weighted by molar-refractivity contribution is 7.98. The molecule has 0 saturated heterocycles. The van der Waals surface area contributed by atoms with Gasteiger partial charge in [-0.2, -0.15) is 18.4 Å². The number of nitriles is 1. The summed E-state index contributed by atoms with van der Waals surface area (Å²) in [5, 5.41) is 21.3. The van der Waals surface area contributed by atoms with Gasteiger partial charge in [-0.15, -0.1) is 11.8 Å². The van der Waals surface area contributed by atoms with E-state index in [-0.39, 0.29) is 16.7 Å². The van der Waals surface area contributed by atoms with Gasteiger partial charge in [-0.1, -0.05) is 12.1 Å². The number of halogens is 3. The number of aromatic amines is 1. The van der Waals surface area contributed by atoms with E-state index in [4.69, 9.17) is 5.26 Å². The van der Waals surface area contributed by atoms with Crippen LogP contribution in [0.2, 0.25) is 0 Å². The zero-order valence-corrected chi connectivity index (χ0v) is 14.7. The molecule has 2 rings (SSSR count). The average Bonchev–Trinajstić information content (AvgIpc) is 2.64. The van der Waals surface area contributed by atoms with Crippen LogP contribution in [-0.4, -0.2) is 28.9 Å². The van der Waals surface area contributed by atoms with Crippen LogP contribution in [0.1, 0.15) is 33.1 Å². The largest absolute Gasteiger partial charge is 0.416 e. The van der Waals surface area contributed by atoms with E-state index in [0.717, 1.165) is 42.1 Å². The molecule has 1 aromatic carbocycles. The summed E-state index contributed by atoms with van der Waals surface area (Å²) in [7, 11) is 0. The Hall–Kier alpha value is -2.77. The Bertz CT molecular complexity index is 934. The molecule has 6 nitrogen and oxygen atoms in total. The molecular formula is C17H14F3N3O3S. The second-order valence-electron chi connectivity index (χ2n) is 5.40. The zero-order chi connectivity index (χ0) is 20.2. The highest BCUT2D eigenvalue weighted by Crippen LogP contribution is 2.30. The number of pyridine rings is 1. The van der Waals surface area contributed by atoms with Gasteiger partial charge >= 0.3 is 6.18 Å². The Labute approximate surface area is 156 Å². The summed E-state index contributed by atoms with van der Waals surface area (Å²) in [6.07, 6.45) is -2.85. The molecule has 0 radical (unpaired) electrons. The van der Waals surface area contributed by atoms with E-state index in [1.807, 2.05) is 6.07 Å². The normalized spacial score (nSPS) is 12.3. The number of carbonyl (C=O) groups is 1. The number of nitrogens with one attached hydrogen (secondary N) is 2. The lowest BCUT2D eigenvalue weighted by Crippen LogP contribution is -2.34. The molecule has 142 valence electrons. The minimum atomic E-state index is -4.50. The summed E-state index contributed by atoms with van der Waals surface area (Å²) in [6, 6.07) is 5.89. The van der Waals surface area contributed by atoms with Crippen molar-refractivity contribution in [2.24, 2.45) is 0 Å².